The number of esters is 1. The van der Waals surface area contributed by atoms with E-state index in [1.807, 2.05) is 0 Å². The van der Waals surface area contributed by atoms with Crippen LogP contribution in [0.1, 0.15) is 13.8 Å². The van der Waals surface area contributed by atoms with E-state index in [1.165, 1.54) is 14.0 Å². The Hall–Kier alpha value is -1.39. The van der Waals surface area contributed by atoms with E-state index in [4.69, 9.17) is 0 Å². The highest BCUT2D eigenvalue weighted by atomic mass is 16.6. The Morgan fingerprint density at radius 1 is 1.42 bits per heavy atom. The minimum Gasteiger partial charge on any atom is -0.464 e. The fourth-order valence-electron chi connectivity index (χ4n) is 0.471. The van der Waals surface area contributed by atoms with Gasteiger partial charge in [-0.3, -0.25) is 4.79 Å². The molecule has 0 unspecified atom stereocenters. The summed E-state index contributed by atoms with van der Waals surface area (Å²) in [6.45, 7) is 3.21. The van der Waals surface area contributed by atoms with Gasteiger partial charge in [0.25, 0.3) is 0 Å². The smallest absolute Gasteiger partial charge is 0.363 e. The van der Waals surface area contributed by atoms with E-state index >= 15 is 0 Å². The third kappa shape index (κ3) is 3.14. The molecule has 0 rings (SSSR count). The predicted octanol–water partition coefficient (Wildman–Crippen LogP) is 0.141. The standard InChI is InChI=1S/C7H11NO4/c1-4-12-8-6(5(2)9)7(10)11-3/h4H2,1-3H3. The summed E-state index contributed by atoms with van der Waals surface area (Å²) >= 11 is 0. The molecule has 68 valence electrons. The van der Waals surface area contributed by atoms with Crippen molar-refractivity contribution in [2.45, 2.75) is 13.8 Å². The first-order valence-corrected chi connectivity index (χ1v) is 3.42. The Labute approximate surface area is 70.3 Å². The highest BCUT2D eigenvalue weighted by molar-refractivity contribution is 6.63. The van der Waals surface area contributed by atoms with E-state index in [1.54, 1.807) is 6.92 Å². The Balaban J connectivity index is 4.43. The molecular weight excluding hydrogens is 162 g/mol. The number of Topliss-reactive ketones (excluding diaryl/α,β-unsaturated/α-hetero) is 1. The van der Waals surface area contributed by atoms with E-state index in [-0.39, 0.29) is 5.71 Å². The maximum absolute atomic E-state index is 10.8. The number of ether oxygens (including phenoxy) is 1. The van der Waals surface area contributed by atoms with E-state index < -0.39 is 11.8 Å². The van der Waals surface area contributed by atoms with Crippen molar-refractivity contribution < 1.29 is 19.2 Å². The molecule has 0 saturated heterocycles. The molecule has 0 aromatic heterocycles. The number of hydrogen-bond acceptors (Lipinski definition) is 5. The Kier molecular flexibility index (Phi) is 4.67. The summed E-state index contributed by atoms with van der Waals surface area (Å²) in [5.41, 5.74) is -0.320. The highest BCUT2D eigenvalue weighted by Gasteiger charge is 2.17. The molecule has 0 radical (unpaired) electrons. The molecule has 0 N–H and O–H groups in total. The van der Waals surface area contributed by atoms with E-state index in [0.717, 1.165) is 0 Å². The lowest BCUT2D eigenvalue weighted by molar-refractivity contribution is -0.133. The number of hydrogen-bond donors (Lipinski definition) is 0. The van der Waals surface area contributed by atoms with Gasteiger partial charge in [-0.05, 0) is 6.92 Å². The number of ketones is 1. The number of rotatable bonds is 4. The second-order valence-corrected chi connectivity index (χ2v) is 1.91. The van der Waals surface area contributed by atoms with Crippen molar-refractivity contribution in [1.29, 1.82) is 0 Å². The Morgan fingerprint density at radius 2 is 2.00 bits per heavy atom. The fraction of sp³-hybridized carbons (Fsp3) is 0.571. The molecule has 0 amide bonds. The summed E-state index contributed by atoms with van der Waals surface area (Å²) in [6.07, 6.45) is 0. The molecule has 0 aliphatic rings. The van der Waals surface area contributed by atoms with Gasteiger partial charge >= 0.3 is 5.97 Å². The van der Waals surface area contributed by atoms with Gasteiger partial charge in [-0.2, -0.15) is 0 Å². The minimum atomic E-state index is -0.782. The molecule has 5 heteroatoms. The largest absolute Gasteiger partial charge is 0.464 e. The third-order valence-electron chi connectivity index (χ3n) is 0.997. The van der Waals surface area contributed by atoms with Crippen molar-refractivity contribution in [3.8, 4) is 0 Å². The van der Waals surface area contributed by atoms with Crippen LogP contribution in [-0.2, 0) is 19.2 Å². The van der Waals surface area contributed by atoms with Gasteiger partial charge in [0.2, 0.25) is 5.71 Å². The van der Waals surface area contributed by atoms with Gasteiger partial charge in [0.15, 0.2) is 5.78 Å². The number of carbonyl (C=O) groups is 2. The van der Waals surface area contributed by atoms with Crippen molar-refractivity contribution in [1.82, 2.24) is 0 Å². The lowest BCUT2D eigenvalue weighted by Crippen LogP contribution is -2.23. The maximum Gasteiger partial charge on any atom is 0.363 e. The number of methoxy groups -OCH3 is 1. The van der Waals surface area contributed by atoms with Crippen LogP contribution >= 0.6 is 0 Å². The first-order valence-electron chi connectivity index (χ1n) is 3.42. The number of oxime groups is 1. The second-order valence-electron chi connectivity index (χ2n) is 1.91. The predicted molar refractivity (Wildman–Crippen MR) is 41.8 cm³/mol. The van der Waals surface area contributed by atoms with Crippen LogP contribution in [0.5, 0.6) is 0 Å². The number of nitrogens with zero attached hydrogens (tertiary/aromatic N) is 1. The summed E-state index contributed by atoms with van der Waals surface area (Å²) in [4.78, 5) is 26.1. The molecule has 0 aromatic rings. The van der Waals surface area contributed by atoms with E-state index in [0.29, 0.717) is 6.61 Å². The zero-order valence-corrected chi connectivity index (χ0v) is 7.29. The molecule has 5 nitrogen and oxygen atoms in total. The fourth-order valence-corrected chi connectivity index (χ4v) is 0.471. The minimum absolute atomic E-state index is 0.299. The molecule has 0 aromatic carbocycles. The summed E-state index contributed by atoms with van der Waals surface area (Å²) in [6, 6.07) is 0. The molecule has 0 spiro atoms. The average molecular weight is 173 g/mol. The summed E-state index contributed by atoms with van der Waals surface area (Å²) < 4.78 is 4.30. The second kappa shape index (κ2) is 5.29. The van der Waals surface area contributed by atoms with E-state index in [9.17, 15) is 9.59 Å². The first kappa shape index (κ1) is 10.6. The first-order chi connectivity index (χ1) is 5.63. The molecule has 0 bridgehead atoms. The summed E-state index contributed by atoms with van der Waals surface area (Å²) in [7, 11) is 1.17. The van der Waals surface area contributed by atoms with Gasteiger partial charge in [-0.1, -0.05) is 5.16 Å². The van der Waals surface area contributed by atoms with E-state index in [2.05, 4.69) is 14.7 Å². The third-order valence-corrected chi connectivity index (χ3v) is 0.997. The van der Waals surface area contributed by atoms with Crippen molar-refractivity contribution >= 4 is 17.5 Å². The van der Waals surface area contributed by atoms with Gasteiger partial charge in [-0.15, -0.1) is 0 Å². The number of carbonyl (C=O) groups excluding carboxylic acids is 2. The molecular formula is C7H11NO4. The normalized spacial score (nSPS) is 10.8. The van der Waals surface area contributed by atoms with Crippen molar-refractivity contribution in [3.05, 3.63) is 0 Å². The van der Waals surface area contributed by atoms with Crippen LogP contribution < -0.4 is 0 Å². The van der Waals surface area contributed by atoms with Crippen molar-refractivity contribution in [2.75, 3.05) is 13.7 Å². The SMILES string of the molecule is CCON=C(C(C)=O)C(=O)OC. The van der Waals surface area contributed by atoms with Crippen LogP contribution in [0.15, 0.2) is 5.16 Å². The lowest BCUT2D eigenvalue weighted by atomic mass is 10.3. The molecule has 0 atom stereocenters. The van der Waals surface area contributed by atoms with Gasteiger partial charge in [-0.25, -0.2) is 4.79 Å². The molecule has 0 heterocycles. The van der Waals surface area contributed by atoms with Crippen LogP contribution in [0, 0.1) is 0 Å². The van der Waals surface area contributed by atoms with Gasteiger partial charge in [0.1, 0.15) is 6.61 Å². The monoisotopic (exact) mass is 173 g/mol. The van der Waals surface area contributed by atoms with Crippen LogP contribution in [0.4, 0.5) is 0 Å². The maximum atomic E-state index is 10.8. The van der Waals surface area contributed by atoms with Crippen molar-refractivity contribution in [2.24, 2.45) is 5.16 Å². The molecule has 0 aliphatic heterocycles. The molecule has 0 saturated carbocycles. The van der Waals surface area contributed by atoms with Gasteiger partial charge < -0.3 is 9.57 Å². The van der Waals surface area contributed by atoms with Crippen LogP contribution in [-0.4, -0.2) is 31.2 Å². The van der Waals surface area contributed by atoms with Gasteiger partial charge in [0, 0.05) is 6.92 Å². The topological polar surface area (TPSA) is 65.0 Å². The lowest BCUT2D eigenvalue weighted by Gasteiger charge is -1.98. The van der Waals surface area contributed by atoms with Crippen LogP contribution in [0.25, 0.3) is 0 Å². The Morgan fingerprint density at radius 3 is 2.33 bits per heavy atom. The van der Waals surface area contributed by atoms with Crippen LogP contribution in [0.2, 0.25) is 0 Å². The molecule has 0 aliphatic carbocycles. The van der Waals surface area contributed by atoms with Gasteiger partial charge in [0.05, 0.1) is 7.11 Å². The molecule has 0 fully saturated rings. The molecule has 12 heavy (non-hydrogen) atoms. The highest BCUT2D eigenvalue weighted by Crippen LogP contribution is 1.87. The Bertz CT molecular complexity index is 209. The average Bonchev–Trinajstić information content (AvgIpc) is 2.04. The van der Waals surface area contributed by atoms with Crippen LogP contribution in [0.3, 0.4) is 0 Å². The van der Waals surface area contributed by atoms with Crippen molar-refractivity contribution in [3.63, 3.8) is 0 Å². The summed E-state index contributed by atoms with van der Waals surface area (Å²) in [5, 5.41) is 3.31. The quantitative estimate of drug-likeness (QED) is 0.262. The zero-order chi connectivity index (χ0) is 9.56. The summed E-state index contributed by atoms with van der Waals surface area (Å²) in [5.74, 6) is -1.26. The zero-order valence-electron chi connectivity index (χ0n) is 7.29.